The molecule has 0 fully saturated rings. The maximum Gasteiger partial charge on any atom is 0.298 e. The van der Waals surface area contributed by atoms with E-state index in [1.165, 1.54) is 11.0 Å². The van der Waals surface area contributed by atoms with Crippen molar-refractivity contribution in [2.24, 2.45) is 5.10 Å². The van der Waals surface area contributed by atoms with E-state index in [4.69, 9.17) is 0 Å². The van der Waals surface area contributed by atoms with E-state index in [1.54, 1.807) is 6.21 Å². The van der Waals surface area contributed by atoms with Crippen molar-refractivity contribution in [3.63, 3.8) is 0 Å². The van der Waals surface area contributed by atoms with Crippen LogP contribution in [0.15, 0.2) is 67.6 Å². The van der Waals surface area contributed by atoms with E-state index in [-0.39, 0.29) is 5.56 Å². The first-order valence-corrected chi connectivity index (χ1v) is 8.69. The van der Waals surface area contributed by atoms with E-state index in [2.05, 4.69) is 46.9 Å². The van der Waals surface area contributed by atoms with E-state index >= 15 is 0 Å². The molecule has 24 heavy (non-hydrogen) atoms. The molecule has 0 unspecified atom stereocenters. The maximum absolute atomic E-state index is 12.6. The molecule has 2 heterocycles. The summed E-state index contributed by atoms with van der Waals surface area (Å²) in [5, 5.41) is 5.12. The number of nitrogens with one attached hydrogen (secondary N) is 1. The van der Waals surface area contributed by atoms with Crippen LogP contribution in [0.3, 0.4) is 0 Å². The van der Waals surface area contributed by atoms with Crippen LogP contribution in [0, 0.1) is 0 Å². The number of hydrogen-bond acceptors (Lipinski definition) is 3. The number of benzene rings is 2. The van der Waals surface area contributed by atoms with Gasteiger partial charge in [0.2, 0.25) is 0 Å². The fourth-order valence-electron chi connectivity index (χ4n) is 2.48. The molecule has 0 atom stereocenters. The highest BCUT2D eigenvalue weighted by Crippen LogP contribution is 2.24. The average Bonchev–Trinajstić information content (AvgIpc) is 2.95. The third kappa shape index (κ3) is 2.70. The van der Waals surface area contributed by atoms with Gasteiger partial charge in [-0.3, -0.25) is 4.79 Å². The summed E-state index contributed by atoms with van der Waals surface area (Å²) < 4.78 is 3.16. The molecule has 1 N–H and O–H groups in total. The van der Waals surface area contributed by atoms with Crippen molar-refractivity contribution in [3.05, 3.63) is 73.7 Å². The molecule has 118 valence electrons. The SMILES string of the molecule is O=c1c2[nH]c3ccc(Br)cc3c2ncn1/N=C/c1ccc(Br)cc1. The van der Waals surface area contributed by atoms with Gasteiger partial charge in [0.15, 0.2) is 0 Å². The Morgan fingerprint density at radius 1 is 1.08 bits per heavy atom. The van der Waals surface area contributed by atoms with Crippen molar-refractivity contribution in [1.29, 1.82) is 0 Å². The molecule has 5 nitrogen and oxygen atoms in total. The number of rotatable bonds is 2. The van der Waals surface area contributed by atoms with E-state index < -0.39 is 0 Å². The van der Waals surface area contributed by atoms with Gasteiger partial charge in [-0.05, 0) is 35.9 Å². The van der Waals surface area contributed by atoms with E-state index in [9.17, 15) is 4.79 Å². The van der Waals surface area contributed by atoms with Crippen molar-refractivity contribution in [2.45, 2.75) is 0 Å². The largest absolute Gasteiger partial charge is 0.349 e. The molecule has 0 bridgehead atoms. The van der Waals surface area contributed by atoms with Crippen molar-refractivity contribution < 1.29 is 0 Å². The minimum absolute atomic E-state index is 0.235. The number of aromatic amines is 1. The Kier molecular flexibility index (Phi) is 3.82. The Bertz CT molecular complexity index is 1140. The smallest absolute Gasteiger partial charge is 0.298 e. The summed E-state index contributed by atoms with van der Waals surface area (Å²) in [7, 11) is 0. The molecule has 0 saturated heterocycles. The molecule has 0 amide bonds. The quantitative estimate of drug-likeness (QED) is 0.468. The first-order valence-electron chi connectivity index (χ1n) is 7.10. The van der Waals surface area contributed by atoms with E-state index in [0.29, 0.717) is 11.0 Å². The monoisotopic (exact) mass is 444 g/mol. The molecule has 0 saturated carbocycles. The second kappa shape index (κ2) is 5.99. The molecule has 0 aliphatic rings. The molecular formula is C17H10Br2N4O. The van der Waals surface area contributed by atoms with Crippen LogP contribution in [-0.4, -0.2) is 20.9 Å². The highest BCUT2D eigenvalue weighted by atomic mass is 79.9. The third-order valence-corrected chi connectivity index (χ3v) is 4.67. The van der Waals surface area contributed by atoms with Crippen molar-refractivity contribution >= 4 is 60.0 Å². The number of H-pyrrole nitrogens is 1. The number of nitrogens with zero attached hydrogens (tertiary/aromatic N) is 3. The molecule has 0 aliphatic carbocycles. The Hall–Kier alpha value is -2.25. The van der Waals surface area contributed by atoms with Gasteiger partial charge in [-0.2, -0.15) is 9.78 Å². The summed E-state index contributed by atoms with van der Waals surface area (Å²) in [5.74, 6) is 0. The number of halogens is 2. The van der Waals surface area contributed by atoms with Crippen LogP contribution in [-0.2, 0) is 0 Å². The van der Waals surface area contributed by atoms with Crippen molar-refractivity contribution in [3.8, 4) is 0 Å². The Balaban J connectivity index is 1.82. The zero-order valence-corrected chi connectivity index (χ0v) is 15.4. The lowest BCUT2D eigenvalue weighted by Gasteiger charge is -1.98. The fraction of sp³-hybridized carbons (Fsp3) is 0. The molecule has 0 spiro atoms. The summed E-state index contributed by atoms with van der Waals surface area (Å²) >= 11 is 6.82. The van der Waals surface area contributed by atoms with Crippen LogP contribution in [0.2, 0.25) is 0 Å². The van der Waals surface area contributed by atoms with Crippen LogP contribution in [0.1, 0.15) is 5.56 Å². The highest BCUT2D eigenvalue weighted by molar-refractivity contribution is 9.10. The molecule has 4 aromatic rings. The van der Waals surface area contributed by atoms with Crippen molar-refractivity contribution in [1.82, 2.24) is 14.6 Å². The van der Waals surface area contributed by atoms with Gasteiger partial charge in [-0.15, -0.1) is 0 Å². The lowest BCUT2D eigenvalue weighted by atomic mass is 10.2. The minimum Gasteiger partial charge on any atom is -0.349 e. The second-order valence-corrected chi connectivity index (χ2v) is 7.06. The maximum atomic E-state index is 12.6. The lowest BCUT2D eigenvalue weighted by molar-refractivity contribution is 0.815. The molecule has 4 rings (SSSR count). The standard InChI is InChI=1S/C17H10Br2N4O/c18-11-3-1-10(2-4-11)8-21-23-9-20-15-13-7-12(19)5-6-14(13)22-16(15)17(23)24/h1-9,22H/b21-8+. The Labute approximate surface area is 153 Å². The molecule has 0 aliphatic heterocycles. The average molecular weight is 446 g/mol. The summed E-state index contributed by atoms with van der Waals surface area (Å²) in [6.07, 6.45) is 3.06. The lowest BCUT2D eigenvalue weighted by Crippen LogP contribution is -2.17. The van der Waals surface area contributed by atoms with Crippen LogP contribution in [0.4, 0.5) is 0 Å². The van der Waals surface area contributed by atoms with Gasteiger partial charge in [0.25, 0.3) is 5.56 Å². The Morgan fingerprint density at radius 3 is 2.62 bits per heavy atom. The predicted molar refractivity (Wildman–Crippen MR) is 103 cm³/mol. The van der Waals surface area contributed by atoms with Crippen LogP contribution in [0.25, 0.3) is 21.9 Å². The highest BCUT2D eigenvalue weighted by Gasteiger charge is 2.10. The molecule has 7 heteroatoms. The van der Waals surface area contributed by atoms with Gasteiger partial charge in [-0.1, -0.05) is 44.0 Å². The van der Waals surface area contributed by atoms with Crippen LogP contribution < -0.4 is 5.56 Å². The van der Waals surface area contributed by atoms with Gasteiger partial charge >= 0.3 is 0 Å². The molecule has 0 radical (unpaired) electrons. The summed E-state index contributed by atoms with van der Waals surface area (Å²) in [6, 6.07) is 13.4. The third-order valence-electron chi connectivity index (χ3n) is 3.65. The molecule has 2 aromatic heterocycles. The van der Waals surface area contributed by atoms with Crippen LogP contribution >= 0.6 is 31.9 Å². The van der Waals surface area contributed by atoms with Crippen molar-refractivity contribution in [2.75, 3.05) is 0 Å². The summed E-state index contributed by atoms with van der Waals surface area (Å²) in [5.41, 5.74) is 2.61. The summed E-state index contributed by atoms with van der Waals surface area (Å²) in [4.78, 5) is 20.1. The number of aromatic nitrogens is 3. The Morgan fingerprint density at radius 2 is 1.83 bits per heavy atom. The van der Waals surface area contributed by atoms with Gasteiger partial charge in [-0.25, -0.2) is 4.98 Å². The van der Waals surface area contributed by atoms with Crippen LogP contribution in [0.5, 0.6) is 0 Å². The van der Waals surface area contributed by atoms with Gasteiger partial charge < -0.3 is 4.98 Å². The van der Waals surface area contributed by atoms with Gasteiger partial charge in [0.1, 0.15) is 17.4 Å². The predicted octanol–water partition coefficient (Wildman–Crippen LogP) is 4.29. The fourth-order valence-corrected chi connectivity index (χ4v) is 3.10. The van der Waals surface area contributed by atoms with Gasteiger partial charge in [0.05, 0.1) is 6.21 Å². The zero-order chi connectivity index (χ0) is 16.7. The summed E-state index contributed by atoms with van der Waals surface area (Å²) in [6.45, 7) is 0. The number of fused-ring (bicyclic) bond motifs is 3. The molecular weight excluding hydrogens is 436 g/mol. The minimum atomic E-state index is -0.235. The van der Waals surface area contributed by atoms with E-state index in [0.717, 1.165) is 25.4 Å². The second-order valence-electron chi connectivity index (χ2n) is 5.23. The van der Waals surface area contributed by atoms with Gasteiger partial charge in [0, 0.05) is 19.8 Å². The first kappa shape index (κ1) is 15.3. The molecule has 2 aromatic carbocycles. The first-order chi connectivity index (χ1) is 11.6. The topological polar surface area (TPSA) is 63.0 Å². The normalized spacial score (nSPS) is 11.8. The van der Waals surface area contributed by atoms with E-state index in [1.807, 2.05) is 42.5 Å². The number of hydrogen-bond donors (Lipinski definition) is 1. The zero-order valence-electron chi connectivity index (χ0n) is 12.2.